The van der Waals surface area contributed by atoms with Gasteiger partial charge in [-0.25, -0.2) is 4.98 Å². The molecule has 0 radical (unpaired) electrons. The van der Waals surface area contributed by atoms with Gasteiger partial charge in [0.1, 0.15) is 17.4 Å². The van der Waals surface area contributed by atoms with Gasteiger partial charge in [-0.15, -0.1) is 0 Å². The number of fused-ring (bicyclic) bond motifs is 1. The second-order valence-electron chi connectivity index (χ2n) is 4.20. The first-order valence-electron chi connectivity index (χ1n) is 5.34. The zero-order valence-corrected chi connectivity index (χ0v) is 8.67. The Bertz CT molecular complexity index is 577. The van der Waals surface area contributed by atoms with Crippen molar-refractivity contribution in [2.24, 2.45) is 0 Å². The Kier molecular flexibility index (Phi) is 1.95. The van der Waals surface area contributed by atoms with E-state index in [0.29, 0.717) is 11.6 Å². The predicted molar refractivity (Wildman–Crippen MR) is 57.7 cm³/mol. The molecule has 2 aromatic heterocycles. The number of nitrogens with zero attached hydrogens (tertiary/aromatic N) is 3. The summed E-state index contributed by atoms with van der Waals surface area (Å²) in [5.41, 5.74) is 2.49. The van der Waals surface area contributed by atoms with Crippen molar-refractivity contribution in [1.29, 1.82) is 5.26 Å². The van der Waals surface area contributed by atoms with Gasteiger partial charge in [0.2, 0.25) is 0 Å². The monoisotopic (exact) mass is 213 g/mol. The van der Waals surface area contributed by atoms with Gasteiger partial charge in [-0.3, -0.25) is 0 Å². The van der Waals surface area contributed by atoms with Crippen molar-refractivity contribution in [3.05, 3.63) is 35.8 Å². The Hall–Kier alpha value is -1.86. The van der Waals surface area contributed by atoms with E-state index < -0.39 is 6.10 Å². The molecule has 0 saturated heterocycles. The molecule has 1 fully saturated rings. The normalized spacial score (nSPS) is 17.2. The van der Waals surface area contributed by atoms with Crippen LogP contribution in [0.2, 0.25) is 0 Å². The fraction of sp³-hybridized carbons (Fsp3) is 0.333. The minimum absolute atomic E-state index is 0.412. The van der Waals surface area contributed by atoms with E-state index in [1.165, 1.54) is 18.4 Å². The van der Waals surface area contributed by atoms with E-state index in [4.69, 9.17) is 5.26 Å². The third kappa shape index (κ3) is 1.46. The van der Waals surface area contributed by atoms with Crippen LogP contribution in [0.3, 0.4) is 0 Å². The summed E-state index contributed by atoms with van der Waals surface area (Å²) in [6.07, 6.45) is 5.13. The molecule has 1 aliphatic rings. The molecular weight excluding hydrogens is 202 g/mol. The molecule has 1 saturated carbocycles. The molecule has 16 heavy (non-hydrogen) atoms. The highest BCUT2D eigenvalue weighted by Crippen LogP contribution is 2.39. The van der Waals surface area contributed by atoms with Crippen LogP contribution in [0, 0.1) is 11.3 Å². The Labute approximate surface area is 92.8 Å². The zero-order valence-electron chi connectivity index (χ0n) is 8.67. The fourth-order valence-corrected chi connectivity index (χ4v) is 1.88. The number of hydrogen-bond acceptors (Lipinski definition) is 3. The van der Waals surface area contributed by atoms with E-state index in [-0.39, 0.29) is 0 Å². The van der Waals surface area contributed by atoms with E-state index in [1.807, 2.05) is 16.7 Å². The second kappa shape index (κ2) is 3.32. The second-order valence-corrected chi connectivity index (χ2v) is 4.20. The molecule has 1 unspecified atom stereocenters. The van der Waals surface area contributed by atoms with E-state index in [1.54, 1.807) is 12.3 Å². The van der Waals surface area contributed by atoms with Crippen LogP contribution in [0.5, 0.6) is 0 Å². The lowest BCUT2D eigenvalue weighted by molar-refractivity contribution is 0.231. The number of pyridine rings is 1. The highest BCUT2D eigenvalue weighted by molar-refractivity contribution is 5.43. The SMILES string of the molecule is N#CC(O)c1cn2cc(C3CC3)ccc2n1. The van der Waals surface area contributed by atoms with Crippen molar-refractivity contribution in [2.75, 3.05) is 0 Å². The van der Waals surface area contributed by atoms with Crippen LogP contribution in [-0.2, 0) is 0 Å². The van der Waals surface area contributed by atoms with Gasteiger partial charge in [-0.05, 0) is 30.4 Å². The summed E-state index contributed by atoms with van der Waals surface area (Å²) in [5, 5.41) is 18.0. The third-order valence-electron chi connectivity index (χ3n) is 2.94. The fourth-order valence-electron chi connectivity index (χ4n) is 1.88. The molecule has 0 spiro atoms. The van der Waals surface area contributed by atoms with Gasteiger partial charge in [0.05, 0.1) is 0 Å². The lowest BCUT2D eigenvalue weighted by atomic mass is 10.2. The molecular formula is C12H11N3O. The molecule has 1 N–H and O–H groups in total. The summed E-state index contributed by atoms with van der Waals surface area (Å²) in [6.45, 7) is 0. The van der Waals surface area contributed by atoms with Gasteiger partial charge in [0.25, 0.3) is 0 Å². The van der Waals surface area contributed by atoms with Crippen molar-refractivity contribution in [1.82, 2.24) is 9.38 Å². The van der Waals surface area contributed by atoms with Crippen LogP contribution >= 0.6 is 0 Å². The first-order chi connectivity index (χ1) is 7.78. The van der Waals surface area contributed by atoms with Crippen molar-refractivity contribution < 1.29 is 5.11 Å². The standard InChI is InChI=1S/C12H11N3O/c13-5-11(16)10-7-15-6-9(8-1-2-8)3-4-12(15)14-10/h3-4,6-8,11,16H,1-2H2. The van der Waals surface area contributed by atoms with Crippen LogP contribution in [0.1, 0.15) is 36.1 Å². The molecule has 0 aromatic carbocycles. The number of aliphatic hydroxyl groups is 1. The number of imidazole rings is 1. The molecule has 0 amide bonds. The number of rotatable bonds is 2. The molecule has 4 heteroatoms. The van der Waals surface area contributed by atoms with Gasteiger partial charge in [0, 0.05) is 12.4 Å². The number of nitriles is 1. The Morgan fingerprint density at radius 1 is 1.44 bits per heavy atom. The van der Waals surface area contributed by atoms with Crippen LogP contribution in [0.4, 0.5) is 0 Å². The van der Waals surface area contributed by atoms with Crippen molar-refractivity contribution in [3.8, 4) is 6.07 Å². The molecule has 0 bridgehead atoms. The number of hydrogen-bond donors (Lipinski definition) is 1. The summed E-state index contributed by atoms with van der Waals surface area (Å²) in [4.78, 5) is 4.19. The van der Waals surface area contributed by atoms with E-state index in [9.17, 15) is 5.11 Å². The van der Waals surface area contributed by atoms with Crippen LogP contribution in [0.25, 0.3) is 5.65 Å². The number of aliphatic hydroxyl groups excluding tert-OH is 1. The molecule has 4 nitrogen and oxygen atoms in total. The largest absolute Gasteiger partial charge is 0.373 e. The topological polar surface area (TPSA) is 61.3 Å². The third-order valence-corrected chi connectivity index (χ3v) is 2.94. The van der Waals surface area contributed by atoms with Gasteiger partial charge in [-0.1, -0.05) is 6.07 Å². The van der Waals surface area contributed by atoms with Crippen molar-refractivity contribution in [2.45, 2.75) is 24.9 Å². The van der Waals surface area contributed by atoms with Gasteiger partial charge >= 0.3 is 0 Å². The summed E-state index contributed by atoms with van der Waals surface area (Å²) < 4.78 is 1.88. The average Bonchev–Trinajstić information content (AvgIpc) is 3.07. The number of aromatic nitrogens is 2. The Balaban J connectivity index is 2.07. The summed E-state index contributed by atoms with van der Waals surface area (Å²) >= 11 is 0. The molecule has 0 aliphatic heterocycles. The van der Waals surface area contributed by atoms with Gasteiger partial charge in [0.15, 0.2) is 6.10 Å². The van der Waals surface area contributed by atoms with E-state index >= 15 is 0 Å². The van der Waals surface area contributed by atoms with Crippen molar-refractivity contribution in [3.63, 3.8) is 0 Å². The molecule has 1 atom stereocenters. The van der Waals surface area contributed by atoms with Crippen LogP contribution < -0.4 is 0 Å². The minimum Gasteiger partial charge on any atom is -0.373 e. The zero-order chi connectivity index (χ0) is 11.1. The summed E-state index contributed by atoms with van der Waals surface area (Å²) in [6, 6.07) is 5.78. The lowest BCUT2D eigenvalue weighted by Crippen LogP contribution is -1.92. The Morgan fingerprint density at radius 3 is 2.94 bits per heavy atom. The molecule has 2 aromatic rings. The first kappa shape index (κ1) is 9.37. The highest BCUT2D eigenvalue weighted by Gasteiger charge is 2.23. The molecule has 1 aliphatic carbocycles. The maximum atomic E-state index is 9.38. The average molecular weight is 213 g/mol. The quantitative estimate of drug-likeness (QED) is 0.773. The van der Waals surface area contributed by atoms with E-state index in [2.05, 4.69) is 11.1 Å². The maximum absolute atomic E-state index is 9.38. The minimum atomic E-state index is -1.13. The van der Waals surface area contributed by atoms with E-state index in [0.717, 1.165) is 5.65 Å². The summed E-state index contributed by atoms with van der Waals surface area (Å²) in [5.74, 6) is 0.691. The highest BCUT2D eigenvalue weighted by atomic mass is 16.3. The van der Waals surface area contributed by atoms with Crippen LogP contribution in [0.15, 0.2) is 24.5 Å². The molecule has 3 rings (SSSR count). The first-order valence-corrected chi connectivity index (χ1v) is 5.34. The Morgan fingerprint density at radius 2 is 2.25 bits per heavy atom. The van der Waals surface area contributed by atoms with Gasteiger partial charge in [-0.2, -0.15) is 5.26 Å². The van der Waals surface area contributed by atoms with Crippen LogP contribution in [-0.4, -0.2) is 14.5 Å². The molecule has 80 valence electrons. The predicted octanol–water partition coefficient (Wildman–Crippen LogP) is 1.77. The maximum Gasteiger partial charge on any atom is 0.184 e. The van der Waals surface area contributed by atoms with Gasteiger partial charge < -0.3 is 9.51 Å². The molecule has 2 heterocycles. The smallest absolute Gasteiger partial charge is 0.184 e. The lowest BCUT2D eigenvalue weighted by Gasteiger charge is -1.98. The summed E-state index contributed by atoms with van der Waals surface area (Å²) in [7, 11) is 0. The van der Waals surface area contributed by atoms with Crippen molar-refractivity contribution >= 4 is 5.65 Å².